The van der Waals surface area contributed by atoms with Crippen LogP contribution < -0.4 is 10.9 Å². The van der Waals surface area contributed by atoms with Crippen LogP contribution in [-0.4, -0.2) is 20.9 Å². The fourth-order valence-corrected chi connectivity index (χ4v) is 3.86. The molecular weight excluding hydrogens is 382 g/mol. The zero-order valence-electron chi connectivity index (χ0n) is 16.5. The molecule has 0 unspecified atom stereocenters. The molecule has 5 nitrogen and oxygen atoms in total. The Morgan fingerprint density at radius 2 is 1.86 bits per heavy atom. The quantitative estimate of drug-likeness (QED) is 0.483. The summed E-state index contributed by atoms with van der Waals surface area (Å²) in [5.41, 5.74) is 1.34. The van der Waals surface area contributed by atoms with E-state index in [4.69, 9.17) is 6.42 Å². The lowest BCUT2D eigenvalue weighted by Crippen LogP contribution is -2.29. The number of hydrogen-bond acceptors (Lipinski definition) is 4. The summed E-state index contributed by atoms with van der Waals surface area (Å²) in [7, 11) is 0. The molecule has 0 spiro atoms. The third-order valence-corrected chi connectivity index (χ3v) is 5.31. The Bertz CT molecular complexity index is 1110. The van der Waals surface area contributed by atoms with Gasteiger partial charge in [0.15, 0.2) is 0 Å². The van der Waals surface area contributed by atoms with Crippen LogP contribution in [0.15, 0.2) is 58.2 Å². The monoisotopic (exact) mass is 405 g/mol. The highest BCUT2D eigenvalue weighted by Gasteiger charge is 2.11. The summed E-state index contributed by atoms with van der Waals surface area (Å²) in [6.45, 7) is 4.61. The van der Waals surface area contributed by atoms with Crippen molar-refractivity contribution >= 4 is 28.4 Å². The number of fused-ring (bicyclic) bond motifs is 1. The minimum absolute atomic E-state index is 0.0886. The van der Waals surface area contributed by atoms with Crippen molar-refractivity contribution in [3.05, 3.63) is 70.1 Å². The van der Waals surface area contributed by atoms with Gasteiger partial charge in [0.2, 0.25) is 5.91 Å². The van der Waals surface area contributed by atoms with E-state index in [2.05, 4.69) is 30.2 Å². The molecule has 3 aromatic rings. The van der Waals surface area contributed by atoms with Gasteiger partial charge in [-0.25, -0.2) is 4.68 Å². The van der Waals surface area contributed by atoms with Crippen molar-refractivity contribution in [1.29, 1.82) is 0 Å². The Morgan fingerprint density at radius 3 is 2.52 bits per heavy atom. The number of amides is 1. The average Bonchev–Trinajstić information content (AvgIpc) is 2.70. The number of nitrogens with one attached hydrogen (secondary N) is 1. The van der Waals surface area contributed by atoms with Crippen molar-refractivity contribution in [2.75, 3.05) is 0 Å². The molecule has 0 atom stereocenters. The second kappa shape index (κ2) is 9.44. The van der Waals surface area contributed by atoms with E-state index >= 15 is 0 Å². The van der Waals surface area contributed by atoms with Crippen molar-refractivity contribution in [3.63, 3.8) is 0 Å². The van der Waals surface area contributed by atoms with E-state index in [1.54, 1.807) is 23.9 Å². The number of hydrogen-bond donors (Lipinski definition) is 1. The van der Waals surface area contributed by atoms with Crippen molar-refractivity contribution in [1.82, 2.24) is 15.1 Å². The van der Waals surface area contributed by atoms with E-state index in [1.807, 2.05) is 36.4 Å². The van der Waals surface area contributed by atoms with Crippen LogP contribution in [0.2, 0.25) is 0 Å². The number of carbonyl (C=O) groups excluding carboxylic acids is 1. The molecule has 0 bridgehead atoms. The third kappa shape index (κ3) is 5.27. The first-order chi connectivity index (χ1) is 14.0. The lowest BCUT2D eigenvalue weighted by molar-refractivity contribution is -0.120. The summed E-state index contributed by atoms with van der Waals surface area (Å²) >= 11 is 1.79. The second-order valence-corrected chi connectivity index (χ2v) is 8.57. The molecule has 1 heterocycles. The van der Waals surface area contributed by atoms with Crippen LogP contribution in [0.5, 0.6) is 0 Å². The van der Waals surface area contributed by atoms with Gasteiger partial charge >= 0.3 is 0 Å². The molecule has 0 aliphatic rings. The zero-order valence-corrected chi connectivity index (χ0v) is 17.3. The standard InChI is InChI=1S/C23H23N3O2S/c1-4-13-26-23(28)20-8-6-5-7-19(20)21(25-26)15-24-22(27)14-17-9-11-18(12-10-17)29-16(2)3/h1,5-12,16H,13-15H2,2-3H3,(H,24,27). The van der Waals surface area contributed by atoms with Gasteiger partial charge in [0.25, 0.3) is 5.56 Å². The normalized spacial score (nSPS) is 10.8. The van der Waals surface area contributed by atoms with Gasteiger partial charge in [-0.3, -0.25) is 9.59 Å². The first kappa shape index (κ1) is 20.7. The van der Waals surface area contributed by atoms with E-state index in [-0.39, 0.29) is 31.0 Å². The van der Waals surface area contributed by atoms with Crippen molar-refractivity contribution in [2.45, 2.75) is 43.5 Å². The van der Waals surface area contributed by atoms with E-state index < -0.39 is 0 Å². The molecule has 1 amide bonds. The van der Waals surface area contributed by atoms with Gasteiger partial charge in [0.05, 0.1) is 24.0 Å². The van der Waals surface area contributed by atoms with Gasteiger partial charge < -0.3 is 5.32 Å². The van der Waals surface area contributed by atoms with E-state index in [9.17, 15) is 9.59 Å². The molecule has 2 aromatic carbocycles. The van der Waals surface area contributed by atoms with Crippen LogP contribution in [-0.2, 0) is 24.3 Å². The molecule has 0 saturated carbocycles. The molecular formula is C23H23N3O2S. The SMILES string of the molecule is C#CCn1nc(CNC(=O)Cc2ccc(SC(C)C)cc2)c2ccccc2c1=O. The van der Waals surface area contributed by atoms with Gasteiger partial charge in [0.1, 0.15) is 6.54 Å². The summed E-state index contributed by atoms with van der Waals surface area (Å²) in [6, 6.07) is 15.3. The van der Waals surface area contributed by atoms with E-state index in [0.29, 0.717) is 16.3 Å². The highest BCUT2D eigenvalue weighted by atomic mass is 32.2. The fourth-order valence-electron chi connectivity index (χ4n) is 3.02. The van der Waals surface area contributed by atoms with Crippen LogP contribution in [0, 0.1) is 12.3 Å². The highest BCUT2D eigenvalue weighted by molar-refractivity contribution is 7.99. The predicted octanol–water partition coefficient (Wildman–Crippen LogP) is 3.39. The van der Waals surface area contributed by atoms with Gasteiger partial charge in [-0.05, 0) is 23.8 Å². The smallest absolute Gasteiger partial charge is 0.275 e. The van der Waals surface area contributed by atoms with Crippen molar-refractivity contribution < 1.29 is 4.79 Å². The second-order valence-electron chi connectivity index (χ2n) is 6.92. The maximum Gasteiger partial charge on any atom is 0.275 e. The van der Waals surface area contributed by atoms with Crippen LogP contribution >= 0.6 is 11.8 Å². The number of aromatic nitrogens is 2. The Labute approximate surface area is 174 Å². The summed E-state index contributed by atoms with van der Waals surface area (Å²) in [6.07, 6.45) is 5.63. The molecule has 1 N–H and O–H groups in total. The molecule has 3 rings (SSSR count). The number of benzene rings is 2. The lowest BCUT2D eigenvalue weighted by Gasteiger charge is -2.11. The minimum atomic E-state index is -0.229. The fraction of sp³-hybridized carbons (Fsp3) is 0.261. The zero-order chi connectivity index (χ0) is 20.8. The first-order valence-corrected chi connectivity index (χ1v) is 10.3. The Morgan fingerprint density at radius 1 is 1.17 bits per heavy atom. The van der Waals surface area contributed by atoms with Gasteiger partial charge in [-0.15, -0.1) is 18.2 Å². The molecule has 0 aliphatic heterocycles. The van der Waals surface area contributed by atoms with Crippen LogP contribution in [0.25, 0.3) is 10.8 Å². The summed E-state index contributed by atoms with van der Waals surface area (Å²) < 4.78 is 1.26. The summed E-state index contributed by atoms with van der Waals surface area (Å²) in [5, 5.41) is 9.04. The molecule has 0 radical (unpaired) electrons. The molecule has 0 saturated heterocycles. The molecule has 1 aromatic heterocycles. The van der Waals surface area contributed by atoms with Crippen LogP contribution in [0.3, 0.4) is 0 Å². The number of rotatable bonds is 7. The summed E-state index contributed by atoms with van der Waals surface area (Å²) in [5.74, 6) is 2.34. The molecule has 29 heavy (non-hydrogen) atoms. The van der Waals surface area contributed by atoms with E-state index in [0.717, 1.165) is 10.9 Å². The van der Waals surface area contributed by atoms with Gasteiger partial charge in [-0.2, -0.15) is 5.10 Å². The molecule has 0 fully saturated rings. The number of nitrogens with zero attached hydrogens (tertiary/aromatic N) is 2. The summed E-state index contributed by atoms with van der Waals surface area (Å²) in [4.78, 5) is 26.1. The lowest BCUT2D eigenvalue weighted by atomic mass is 10.1. The highest BCUT2D eigenvalue weighted by Crippen LogP contribution is 2.23. The van der Waals surface area contributed by atoms with E-state index in [1.165, 1.54) is 9.58 Å². The Balaban J connectivity index is 1.71. The van der Waals surface area contributed by atoms with Crippen molar-refractivity contribution in [2.24, 2.45) is 0 Å². The Hall–Kier alpha value is -3.04. The van der Waals surface area contributed by atoms with Gasteiger partial charge in [0, 0.05) is 15.5 Å². The number of carbonyl (C=O) groups is 1. The number of terminal acetylenes is 1. The topological polar surface area (TPSA) is 64.0 Å². The number of thioether (sulfide) groups is 1. The first-order valence-electron chi connectivity index (χ1n) is 9.42. The minimum Gasteiger partial charge on any atom is -0.350 e. The Kier molecular flexibility index (Phi) is 6.73. The molecule has 148 valence electrons. The average molecular weight is 406 g/mol. The maximum absolute atomic E-state index is 12.5. The van der Waals surface area contributed by atoms with Crippen LogP contribution in [0.1, 0.15) is 25.1 Å². The molecule has 6 heteroatoms. The van der Waals surface area contributed by atoms with Crippen molar-refractivity contribution in [3.8, 4) is 12.3 Å². The maximum atomic E-state index is 12.5. The predicted molar refractivity (Wildman–Crippen MR) is 118 cm³/mol. The van der Waals surface area contributed by atoms with Crippen LogP contribution in [0.4, 0.5) is 0 Å². The largest absolute Gasteiger partial charge is 0.350 e. The molecule has 0 aliphatic carbocycles. The third-order valence-electron chi connectivity index (χ3n) is 4.30. The van der Waals surface area contributed by atoms with Gasteiger partial charge in [-0.1, -0.05) is 50.1 Å².